The highest BCUT2D eigenvalue weighted by atomic mass is 16.6. The van der Waals surface area contributed by atoms with Crippen molar-refractivity contribution < 1.29 is 14.3 Å². The third kappa shape index (κ3) is 9.66. The van der Waals surface area contributed by atoms with Crippen LogP contribution in [0.2, 0.25) is 0 Å². The van der Waals surface area contributed by atoms with Crippen molar-refractivity contribution in [2.45, 2.75) is 51.7 Å². The number of carbonyl (C=O) groups excluding carboxylic acids is 1. The van der Waals surface area contributed by atoms with E-state index < -0.39 is 11.7 Å². The third-order valence-corrected chi connectivity index (χ3v) is 3.31. The summed E-state index contributed by atoms with van der Waals surface area (Å²) < 4.78 is 10.6. The molecule has 1 aliphatic heterocycles. The second kappa shape index (κ2) is 9.23. The summed E-state index contributed by atoms with van der Waals surface area (Å²) in [7, 11) is 0. The summed E-state index contributed by atoms with van der Waals surface area (Å²) >= 11 is 0. The van der Waals surface area contributed by atoms with Crippen molar-refractivity contribution in [3.05, 3.63) is 0 Å². The van der Waals surface area contributed by atoms with Gasteiger partial charge in [-0.3, -0.25) is 0 Å². The first-order chi connectivity index (χ1) is 9.87. The first-order valence-corrected chi connectivity index (χ1v) is 7.89. The van der Waals surface area contributed by atoms with E-state index in [-0.39, 0.29) is 0 Å². The molecule has 21 heavy (non-hydrogen) atoms. The van der Waals surface area contributed by atoms with E-state index in [0.29, 0.717) is 19.2 Å². The summed E-state index contributed by atoms with van der Waals surface area (Å²) in [6, 6.07) is 0.386. The van der Waals surface area contributed by atoms with Crippen LogP contribution in [0.25, 0.3) is 0 Å². The molecule has 6 heteroatoms. The van der Waals surface area contributed by atoms with Crippen LogP contribution < -0.4 is 11.1 Å². The van der Waals surface area contributed by atoms with E-state index in [2.05, 4.69) is 10.2 Å². The average Bonchev–Trinajstić information content (AvgIpc) is 2.37. The number of hydrogen-bond donors (Lipinski definition) is 2. The molecule has 1 heterocycles. The van der Waals surface area contributed by atoms with Gasteiger partial charge in [0.1, 0.15) is 5.60 Å². The van der Waals surface area contributed by atoms with E-state index in [0.717, 1.165) is 45.5 Å². The van der Waals surface area contributed by atoms with Gasteiger partial charge in [-0.1, -0.05) is 0 Å². The minimum absolute atomic E-state index is 0.386. The number of likely N-dealkylation sites (tertiary alicyclic amines) is 1. The van der Waals surface area contributed by atoms with Crippen LogP contribution >= 0.6 is 0 Å². The van der Waals surface area contributed by atoms with Gasteiger partial charge in [0, 0.05) is 25.7 Å². The Morgan fingerprint density at radius 2 is 1.95 bits per heavy atom. The van der Waals surface area contributed by atoms with Crippen LogP contribution in [0.5, 0.6) is 0 Å². The van der Waals surface area contributed by atoms with Gasteiger partial charge in [0.2, 0.25) is 0 Å². The lowest BCUT2D eigenvalue weighted by molar-refractivity contribution is 0.0495. The molecule has 1 fully saturated rings. The number of rotatable bonds is 7. The molecular weight excluding hydrogens is 270 g/mol. The fourth-order valence-corrected chi connectivity index (χ4v) is 2.21. The fourth-order valence-electron chi connectivity index (χ4n) is 2.21. The zero-order valence-corrected chi connectivity index (χ0v) is 13.7. The number of amides is 1. The lowest BCUT2D eigenvalue weighted by Gasteiger charge is -2.29. The zero-order valence-electron chi connectivity index (χ0n) is 13.7. The van der Waals surface area contributed by atoms with E-state index in [1.54, 1.807) is 0 Å². The molecule has 1 rings (SSSR count). The van der Waals surface area contributed by atoms with E-state index >= 15 is 0 Å². The summed E-state index contributed by atoms with van der Waals surface area (Å²) in [5.41, 5.74) is 5.42. The molecule has 1 saturated heterocycles. The van der Waals surface area contributed by atoms with Crippen LogP contribution in [0.4, 0.5) is 4.79 Å². The van der Waals surface area contributed by atoms with Gasteiger partial charge in [-0.15, -0.1) is 0 Å². The predicted molar refractivity (Wildman–Crippen MR) is 83.3 cm³/mol. The van der Waals surface area contributed by atoms with Crippen molar-refractivity contribution in [1.29, 1.82) is 0 Å². The van der Waals surface area contributed by atoms with Crippen molar-refractivity contribution in [3.8, 4) is 0 Å². The normalized spacial score (nSPS) is 17.7. The summed E-state index contributed by atoms with van der Waals surface area (Å²) in [5, 5.41) is 2.67. The summed E-state index contributed by atoms with van der Waals surface area (Å²) in [6.45, 7) is 10.5. The monoisotopic (exact) mass is 301 g/mol. The SMILES string of the molecule is CC(C)(C)OC(=O)NCCOCCCN1CCC(N)CC1. The number of carbonyl (C=O) groups is 1. The van der Waals surface area contributed by atoms with Gasteiger partial charge < -0.3 is 25.4 Å². The molecule has 1 aliphatic rings. The van der Waals surface area contributed by atoms with Crippen molar-refractivity contribution in [2.75, 3.05) is 39.4 Å². The highest BCUT2D eigenvalue weighted by Gasteiger charge is 2.16. The summed E-state index contributed by atoms with van der Waals surface area (Å²) in [4.78, 5) is 13.8. The first-order valence-electron chi connectivity index (χ1n) is 7.89. The van der Waals surface area contributed by atoms with Crippen molar-refractivity contribution in [3.63, 3.8) is 0 Å². The third-order valence-electron chi connectivity index (χ3n) is 3.31. The minimum Gasteiger partial charge on any atom is -0.444 e. The Morgan fingerprint density at radius 1 is 1.29 bits per heavy atom. The molecule has 3 N–H and O–H groups in total. The molecule has 0 aromatic rings. The fraction of sp³-hybridized carbons (Fsp3) is 0.933. The predicted octanol–water partition coefficient (Wildman–Crippen LogP) is 1.34. The van der Waals surface area contributed by atoms with Crippen LogP contribution in [-0.2, 0) is 9.47 Å². The quantitative estimate of drug-likeness (QED) is 0.694. The Bertz CT molecular complexity index is 297. The van der Waals surface area contributed by atoms with Crippen molar-refractivity contribution in [2.24, 2.45) is 5.73 Å². The van der Waals surface area contributed by atoms with Crippen LogP contribution in [0.15, 0.2) is 0 Å². The molecule has 0 spiro atoms. The van der Waals surface area contributed by atoms with Crippen molar-refractivity contribution in [1.82, 2.24) is 10.2 Å². The topological polar surface area (TPSA) is 76.8 Å². The number of alkyl carbamates (subject to hydrolysis) is 1. The average molecular weight is 301 g/mol. The van der Waals surface area contributed by atoms with Crippen LogP contribution in [0.1, 0.15) is 40.0 Å². The smallest absolute Gasteiger partial charge is 0.407 e. The molecule has 0 aromatic carbocycles. The van der Waals surface area contributed by atoms with Gasteiger partial charge in [-0.2, -0.15) is 0 Å². The first kappa shape index (κ1) is 18.2. The number of nitrogens with one attached hydrogen (secondary N) is 1. The summed E-state index contributed by atoms with van der Waals surface area (Å²) in [6.07, 6.45) is 2.82. The number of nitrogens with zero attached hydrogens (tertiary/aromatic N) is 1. The molecule has 0 bridgehead atoms. The number of nitrogens with two attached hydrogens (primary N) is 1. The molecule has 124 valence electrons. The maximum absolute atomic E-state index is 11.4. The van der Waals surface area contributed by atoms with Gasteiger partial charge >= 0.3 is 6.09 Å². The van der Waals surface area contributed by atoms with Crippen LogP contribution in [-0.4, -0.2) is 62.0 Å². The van der Waals surface area contributed by atoms with E-state index in [4.69, 9.17) is 15.2 Å². The van der Waals surface area contributed by atoms with Crippen molar-refractivity contribution >= 4 is 6.09 Å². The maximum atomic E-state index is 11.4. The van der Waals surface area contributed by atoms with Crippen LogP contribution in [0, 0.1) is 0 Å². The number of ether oxygens (including phenoxy) is 2. The molecule has 1 amide bonds. The largest absolute Gasteiger partial charge is 0.444 e. The van der Waals surface area contributed by atoms with Gasteiger partial charge in [0.15, 0.2) is 0 Å². The molecule has 6 nitrogen and oxygen atoms in total. The second-order valence-electron chi connectivity index (χ2n) is 6.57. The Hall–Kier alpha value is -0.850. The molecule has 0 radical (unpaired) electrons. The van der Waals surface area contributed by atoms with E-state index in [1.807, 2.05) is 20.8 Å². The second-order valence-corrected chi connectivity index (χ2v) is 6.57. The molecule has 0 aliphatic carbocycles. The number of piperidine rings is 1. The van der Waals surface area contributed by atoms with Crippen LogP contribution in [0.3, 0.4) is 0 Å². The molecule has 0 aromatic heterocycles. The van der Waals surface area contributed by atoms with Gasteiger partial charge in [-0.05, 0) is 53.1 Å². The lowest BCUT2D eigenvalue weighted by atomic mass is 10.1. The Kier molecular flexibility index (Phi) is 8.00. The Balaban J connectivity index is 1.90. The highest BCUT2D eigenvalue weighted by molar-refractivity contribution is 5.67. The van der Waals surface area contributed by atoms with Gasteiger partial charge in [0.25, 0.3) is 0 Å². The number of hydrogen-bond acceptors (Lipinski definition) is 5. The maximum Gasteiger partial charge on any atom is 0.407 e. The lowest BCUT2D eigenvalue weighted by Crippen LogP contribution is -2.40. The highest BCUT2D eigenvalue weighted by Crippen LogP contribution is 2.08. The van der Waals surface area contributed by atoms with Gasteiger partial charge in [0.05, 0.1) is 6.61 Å². The molecule has 0 unspecified atom stereocenters. The molecular formula is C15H31N3O3. The minimum atomic E-state index is -0.456. The molecule has 0 saturated carbocycles. The Morgan fingerprint density at radius 3 is 2.57 bits per heavy atom. The standard InChI is InChI=1S/C15H31N3O3/c1-15(2,3)21-14(19)17-7-12-20-11-4-8-18-9-5-13(16)6-10-18/h13H,4-12,16H2,1-3H3,(H,17,19). The van der Waals surface area contributed by atoms with E-state index in [1.165, 1.54) is 0 Å². The van der Waals surface area contributed by atoms with E-state index in [9.17, 15) is 4.79 Å². The Labute approximate surface area is 128 Å². The zero-order chi connectivity index (χ0) is 15.7. The molecule has 0 atom stereocenters. The summed E-state index contributed by atoms with van der Waals surface area (Å²) in [5.74, 6) is 0. The van der Waals surface area contributed by atoms with Gasteiger partial charge in [-0.25, -0.2) is 4.79 Å².